The Hall–Kier alpha value is -4.05. The fraction of sp³-hybridized carbons (Fsp3) is 0.320. The Balaban J connectivity index is 1.54. The van der Waals surface area contributed by atoms with E-state index in [-0.39, 0.29) is 28.7 Å². The number of carbonyl (C=O) groups is 2. The number of aliphatic hydroxyl groups is 1. The second-order valence-corrected chi connectivity index (χ2v) is 9.48. The summed E-state index contributed by atoms with van der Waals surface area (Å²) in [5.41, 5.74) is 7.17. The zero-order chi connectivity index (χ0) is 24.7. The Labute approximate surface area is 200 Å². The lowest BCUT2D eigenvalue weighted by molar-refractivity contribution is -0.152. The van der Waals surface area contributed by atoms with Gasteiger partial charge in [0.15, 0.2) is 0 Å². The number of nitrogens with two attached hydrogens (primary N) is 1. The van der Waals surface area contributed by atoms with Crippen molar-refractivity contribution in [1.82, 2.24) is 24.9 Å². The highest BCUT2D eigenvalue weighted by molar-refractivity contribution is 6.16. The zero-order valence-electron chi connectivity index (χ0n) is 19.5. The van der Waals surface area contributed by atoms with E-state index >= 15 is 0 Å². The number of nitrogens with one attached hydrogen (secondary N) is 1. The number of ether oxygens (including phenoxy) is 1. The number of rotatable bonds is 3. The van der Waals surface area contributed by atoms with Crippen LogP contribution in [0.15, 0.2) is 53.4 Å². The predicted octanol–water partition coefficient (Wildman–Crippen LogP) is 1.78. The summed E-state index contributed by atoms with van der Waals surface area (Å²) in [4.78, 5) is 35.9. The third-order valence-corrected chi connectivity index (χ3v) is 7.06. The fourth-order valence-corrected chi connectivity index (χ4v) is 5.22. The van der Waals surface area contributed by atoms with Gasteiger partial charge in [0.1, 0.15) is 5.75 Å². The standard InChI is InChI=1S/C25H24N6O4/c1-12(2)14-7-8-15-18(11-14)35-25(34)16-5-4-6-17(26)19(16)20(32)24(15,25)29-22(33)21-28-23-27-10-9-13(3)31(23)30-21/h5,7-12,34H,4,6,26H2,1-3H3,(H,29,33). The van der Waals surface area contributed by atoms with Crippen LogP contribution in [0.1, 0.15) is 60.0 Å². The third kappa shape index (κ3) is 2.65. The lowest BCUT2D eigenvalue weighted by Crippen LogP contribution is -2.62. The molecule has 4 N–H and O–H groups in total. The normalized spacial score (nSPS) is 24.8. The molecule has 6 rings (SSSR count). The van der Waals surface area contributed by atoms with Gasteiger partial charge in [0.25, 0.3) is 17.5 Å². The molecule has 0 bridgehead atoms. The van der Waals surface area contributed by atoms with Crippen LogP contribution in [0.2, 0.25) is 0 Å². The van der Waals surface area contributed by atoms with E-state index in [4.69, 9.17) is 10.5 Å². The highest BCUT2D eigenvalue weighted by Gasteiger charge is 2.74. The SMILES string of the molecule is Cc1ccnc2nc(C(=O)NC34C(=O)C5=C(N)CCC=C5C3(O)Oc3cc(C(C)C)ccc34)nn12. The molecule has 35 heavy (non-hydrogen) atoms. The molecule has 3 heterocycles. The molecule has 0 radical (unpaired) electrons. The van der Waals surface area contributed by atoms with Gasteiger partial charge < -0.3 is 20.9 Å². The predicted molar refractivity (Wildman–Crippen MR) is 124 cm³/mol. The van der Waals surface area contributed by atoms with Crippen molar-refractivity contribution >= 4 is 17.5 Å². The molecule has 10 heteroatoms. The maximum Gasteiger partial charge on any atom is 0.292 e. The van der Waals surface area contributed by atoms with Crippen LogP contribution in [-0.4, -0.2) is 42.2 Å². The average Bonchev–Trinajstić information content (AvgIpc) is 3.42. The van der Waals surface area contributed by atoms with Gasteiger partial charge >= 0.3 is 0 Å². The number of fused-ring (bicyclic) bond motifs is 6. The van der Waals surface area contributed by atoms with Crippen LogP contribution in [0, 0.1) is 6.92 Å². The summed E-state index contributed by atoms with van der Waals surface area (Å²) in [6.07, 6.45) is 4.34. The summed E-state index contributed by atoms with van der Waals surface area (Å²) in [5.74, 6) is -2.85. The number of hydrogen-bond donors (Lipinski definition) is 3. The van der Waals surface area contributed by atoms with E-state index in [0.717, 1.165) is 11.3 Å². The number of nitrogens with zero attached hydrogens (tertiary/aromatic N) is 4. The molecule has 1 amide bonds. The van der Waals surface area contributed by atoms with Gasteiger partial charge in [-0.1, -0.05) is 32.1 Å². The first-order valence-corrected chi connectivity index (χ1v) is 11.5. The van der Waals surface area contributed by atoms with E-state index in [2.05, 4.69) is 20.4 Å². The largest absolute Gasteiger partial charge is 0.454 e. The van der Waals surface area contributed by atoms with Crippen molar-refractivity contribution in [2.45, 2.75) is 50.9 Å². The number of aryl methyl sites for hydroxylation is 1. The van der Waals surface area contributed by atoms with E-state index in [1.54, 1.807) is 30.5 Å². The highest BCUT2D eigenvalue weighted by Crippen LogP contribution is 2.59. The molecular formula is C25H24N6O4. The summed E-state index contributed by atoms with van der Waals surface area (Å²) < 4.78 is 7.56. The van der Waals surface area contributed by atoms with E-state index in [9.17, 15) is 14.7 Å². The highest BCUT2D eigenvalue weighted by atomic mass is 16.6. The quantitative estimate of drug-likeness (QED) is 0.523. The minimum atomic E-state index is -2.16. The van der Waals surface area contributed by atoms with Gasteiger partial charge in [-0.3, -0.25) is 9.59 Å². The van der Waals surface area contributed by atoms with E-state index in [0.29, 0.717) is 29.9 Å². The zero-order valence-corrected chi connectivity index (χ0v) is 19.5. The summed E-state index contributed by atoms with van der Waals surface area (Å²) in [6, 6.07) is 7.12. The van der Waals surface area contributed by atoms with Crippen molar-refractivity contribution in [2.24, 2.45) is 5.73 Å². The summed E-state index contributed by atoms with van der Waals surface area (Å²) in [7, 11) is 0. The number of allylic oxidation sites excluding steroid dienone is 2. The van der Waals surface area contributed by atoms with Crippen LogP contribution in [0.25, 0.3) is 5.78 Å². The molecule has 3 aliphatic rings. The van der Waals surface area contributed by atoms with Crippen molar-refractivity contribution in [3.63, 3.8) is 0 Å². The number of benzene rings is 1. The molecule has 2 atom stereocenters. The number of Topliss-reactive ketones (excluding diaryl/α,β-unsaturated/α-hetero) is 1. The van der Waals surface area contributed by atoms with Gasteiger partial charge in [-0.25, -0.2) is 9.50 Å². The number of aromatic nitrogens is 4. The molecule has 3 aromatic rings. The van der Waals surface area contributed by atoms with Gasteiger partial charge in [-0.2, -0.15) is 4.98 Å². The van der Waals surface area contributed by atoms with Crippen LogP contribution in [0.3, 0.4) is 0 Å². The lowest BCUT2D eigenvalue weighted by Gasteiger charge is -2.33. The maximum atomic E-state index is 14.0. The van der Waals surface area contributed by atoms with Crippen molar-refractivity contribution in [1.29, 1.82) is 0 Å². The smallest absolute Gasteiger partial charge is 0.292 e. The van der Waals surface area contributed by atoms with Gasteiger partial charge in [-0.15, -0.1) is 5.10 Å². The van der Waals surface area contributed by atoms with Crippen molar-refractivity contribution < 1.29 is 19.4 Å². The molecule has 1 aromatic carbocycles. The summed E-state index contributed by atoms with van der Waals surface area (Å²) in [6.45, 7) is 5.87. The Kier molecular flexibility index (Phi) is 4.29. The van der Waals surface area contributed by atoms with Crippen LogP contribution >= 0.6 is 0 Å². The van der Waals surface area contributed by atoms with Crippen molar-refractivity contribution in [2.75, 3.05) is 0 Å². The number of carbonyl (C=O) groups excluding carboxylic acids is 2. The first-order valence-electron chi connectivity index (χ1n) is 11.5. The first kappa shape index (κ1) is 21.5. The van der Waals surface area contributed by atoms with Crippen LogP contribution in [0.4, 0.5) is 0 Å². The van der Waals surface area contributed by atoms with E-state index in [1.807, 2.05) is 26.8 Å². The summed E-state index contributed by atoms with van der Waals surface area (Å²) in [5, 5.41) is 19.0. The van der Waals surface area contributed by atoms with Gasteiger partial charge in [0.2, 0.25) is 17.1 Å². The van der Waals surface area contributed by atoms with Crippen molar-refractivity contribution in [3.8, 4) is 5.75 Å². The Bertz CT molecular complexity index is 1520. The Morgan fingerprint density at radius 2 is 2.11 bits per heavy atom. The monoisotopic (exact) mass is 472 g/mol. The molecule has 0 saturated heterocycles. The second kappa shape index (κ2) is 6.98. The molecule has 1 saturated carbocycles. The molecule has 10 nitrogen and oxygen atoms in total. The molecule has 0 spiro atoms. The van der Waals surface area contributed by atoms with Gasteiger partial charge in [-0.05, 0) is 43.4 Å². The summed E-state index contributed by atoms with van der Waals surface area (Å²) >= 11 is 0. The van der Waals surface area contributed by atoms with Gasteiger partial charge in [0, 0.05) is 34.3 Å². The van der Waals surface area contributed by atoms with E-state index in [1.165, 1.54) is 4.52 Å². The maximum absolute atomic E-state index is 14.0. The first-order chi connectivity index (χ1) is 16.7. The van der Waals surface area contributed by atoms with E-state index < -0.39 is 23.0 Å². The van der Waals surface area contributed by atoms with Crippen LogP contribution in [0.5, 0.6) is 5.75 Å². The molecule has 2 aromatic heterocycles. The molecular weight excluding hydrogens is 448 g/mol. The minimum Gasteiger partial charge on any atom is -0.454 e. The van der Waals surface area contributed by atoms with Gasteiger partial charge in [0.05, 0.1) is 0 Å². The molecule has 178 valence electrons. The number of hydrogen-bond acceptors (Lipinski definition) is 8. The molecule has 1 fully saturated rings. The topological polar surface area (TPSA) is 145 Å². The van der Waals surface area contributed by atoms with Crippen molar-refractivity contribution in [3.05, 3.63) is 76.0 Å². The fourth-order valence-electron chi connectivity index (χ4n) is 5.22. The molecule has 2 unspecified atom stereocenters. The molecule has 1 aliphatic heterocycles. The number of ketones is 1. The second-order valence-electron chi connectivity index (χ2n) is 9.48. The Morgan fingerprint density at radius 3 is 2.86 bits per heavy atom. The lowest BCUT2D eigenvalue weighted by atomic mass is 9.83. The van der Waals surface area contributed by atoms with Crippen LogP contribution in [-0.2, 0) is 10.3 Å². The number of amides is 1. The minimum absolute atomic E-state index is 0.186. The van der Waals surface area contributed by atoms with Crippen LogP contribution < -0.4 is 15.8 Å². The average molecular weight is 473 g/mol. The third-order valence-electron chi connectivity index (χ3n) is 7.06. The Morgan fingerprint density at radius 1 is 1.31 bits per heavy atom. The molecule has 2 aliphatic carbocycles.